The van der Waals surface area contributed by atoms with Crippen LogP contribution in [0.5, 0.6) is 11.5 Å². The van der Waals surface area contributed by atoms with E-state index in [2.05, 4.69) is 31.3 Å². The number of halogens is 1. The Hall–Kier alpha value is -2.99. The highest BCUT2D eigenvalue weighted by molar-refractivity contribution is 9.10. The lowest BCUT2D eigenvalue weighted by Crippen LogP contribution is -2.44. The molecular formula is C18H21BrN4O6S. The highest BCUT2D eigenvalue weighted by Crippen LogP contribution is 2.32. The molecular weight excluding hydrogens is 480 g/mol. The van der Waals surface area contributed by atoms with Crippen molar-refractivity contribution in [1.29, 1.82) is 0 Å². The van der Waals surface area contributed by atoms with Gasteiger partial charge in [0.1, 0.15) is 22.4 Å². The van der Waals surface area contributed by atoms with E-state index in [1.54, 1.807) is 12.1 Å². The summed E-state index contributed by atoms with van der Waals surface area (Å²) < 4.78 is 39.2. The molecule has 0 aromatic heterocycles. The van der Waals surface area contributed by atoms with Gasteiger partial charge in [-0.1, -0.05) is 0 Å². The predicted molar refractivity (Wildman–Crippen MR) is 115 cm³/mol. The van der Waals surface area contributed by atoms with Crippen molar-refractivity contribution in [2.45, 2.75) is 17.9 Å². The van der Waals surface area contributed by atoms with Crippen LogP contribution in [0.2, 0.25) is 0 Å². The zero-order valence-corrected chi connectivity index (χ0v) is 18.8. The quantitative estimate of drug-likeness (QED) is 0.436. The zero-order chi connectivity index (χ0) is 22.5. The first-order valence-electron chi connectivity index (χ1n) is 8.48. The fourth-order valence-electron chi connectivity index (χ4n) is 2.43. The second-order valence-corrected chi connectivity index (χ2v) is 8.55. The summed E-state index contributed by atoms with van der Waals surface area (Å²) in [6.07, 6.45) is 0. The van der Waals surface area contributed by atoms with Crippen molar-refractivity contribution in [3.05, 3.63) is 40.9 Å². The third kappa shape index (κ3) is 5.76. The standard InChI is InChI=1S/C18H21BrN4O6S/c1-10(21-18(20)25)17(24)22-11-4-7-15(29-3)16(9-11)30(26,27)23-12-5-6-14(28-2)13(19)8-12/h4-10,23H,1-3H3,(H,22,24)(H3,20,21,25). The number of anilines is 2. The largest absolute Gasteiger partial charge is 0.496 e. The number of primary amides is 1. The van der Waals surface area contributed by atoms with Crippen LogP contribution in [0.3, 0.4) is 0 Å². The maximum Gasteiger partial charge on any atom is 0.312 e. The number of urea groups is 1. The lowest BCUT2D eigenvalue weighted by atomic mass is 10.2. The highest BCUT2D eigenvalue weighted by Gasteiger charge is 2.22. The van der Waals surface area contributed by atoms with Gasteiger partial charge in [0.15, 0.2) is 0 Å². The molecule has 0 aliphatic heterocycles. The first-order valence-corrected chi connectivity index (χ1v) is 10.8. The molecule has 0 bridgehead atoms. The van der Waals surface area contributed by atoms with Crippen LogP contribution in [-0.2, 0) is 14.8 Å². The van der Waals surface area contributed by atoms with E-state index in [4.69, 9.17) is 15.2 Å². The van der Waals surface area contributed by atoms with Gasteiger partial charge in [0.05, 0.1) is 24.4 Å². The average Bonchev–Trinajstić information content (AvgIpc) is 2.67. The Bertz CT molecular complexity index is 1060. The Morgan fingerprint density at radius 2 is 1.63 bits per heavy atom. The zero-order valence-electron chi connectivity index (χ0n) is 16.4. The lowest BCUT2D eigenvalue weighted by Gasteiger charge is -2.16. The van der Waals surface area contributed by atoms with Crippen molar-refractivity contribution in [2.75, 3.05) is 24.3 Å². The normalized spacial score (nSPS) is 11.9. The minimum absolute atomic E-state index is 0.0800. The van der Waals surface area contributed by atoms with Crippen molar-refractivity contribution < 1.29 is 27.5 Å². The number of nitrogens with two attached hydrogens (primary N) is 1. The van der Waals surface area contributed by atoms with Gasteiger partial charge in [0, 0.05) is 5.69 Å². The van der Waals surface area contributed by atoms with E-state index >= 15 is 0 Å². The minimum Gasteiger partial charge on any atom is -0.496 e. The van der Waals surface area contributed by atoms with E-state index in [-0.39, 0.29) is 16.3 Å². The number of sulfonamides is 1. The maximum atomic E-state index is 12.9. The molecule has 0 saturated heterocycles. The molecule has 2 rings (SSSR count). The molecule has 0 radical (unpaired) electrons. The third-order valence-electron chi connectivity index (χ3n) is 3.88. The molecule has 2 aromatic rings. The number of ether oxygens (including phenoxy) is 2. The van der Waals surface area contributed by atoms with Crippen LogP contribution in [0.1, 0.15) is 6.92 Å². The van der Waals surface area contributed by atoms with Gasteiger partial charge in [-0.15, -0.1) is 0 Å². The molecule has 1 unspecified atom stereocenters. The van der Waals surface area contributed by atoms with Crippen molar-refractivity contribution in [3.8, 4) is 11.5 Å². The van der Waals surface area contributed by atoms with Gasteiger partial charge in [0.2, 0.25) is 5.91 Å². The summed E-state index contributed by atoms with van der Waals surface area (Å²) in [7, 11) is -1.24. The molecule has 2 aromatic carbocycles. The van der Waals surface area contributed by atoms with Crippen LogP contribution in [0, 0.1) is 0 Å². The maximum absolute atomic E-state index is 12.9. The van der Waals surface area contributed by atoms with Gasteiger partial charge in [0.25, 0.3) is 10.0 Å². The minimum atomic E-state index is -4.07. The Balaban J connectivity index is 2.32. The summed E-state index contributed by atoms with van der Waals surface area (Å²) in [6, 6.07) is 7.03. The van der Waals surface area contributed by atoms with Gasteiger partial charge in [-0.25, -0.2) is 13.2 Å². The van der Waals surface area contributed by atoms with E-state index in [0.717, 1.165) is 0 Å². The molecule has 0 heterocycles. The third-order valence-corrected chi connectivity index (χ3v) is 5.90. The van der Waals surface area contributed by atoms with E-state index in [9.17, 15) is 18.0 Å². The lowest BCUT2D eigenvalue weighted by molar-refractivity contribution is -0.117. The smallest absolute Gasteiger partial charge is 0.312 e. The molecule has 3 amide bonds. The molecule has 0 aliphatic rings. The first kappa shape index (κ1) is 23.3. The summed E-state index contributed by atoms with van der Waals surface area (Å²) in [5.74, 6) is 0.0460. The van der Waals surface area contributed by atoms with Gasteiger partial charge in [-0.2, -0.15) is 0 Å². The van der Waals surface area contributed by atoms with Gasteiger partial charge >= 0.3 is 6.03 Å². The number of rotatable bonds is 8. The summed E-state index contributed by atoms with van der Waals surface area (Å²) in [4.78, 5) is 22.9. The van der Waals surface area contributed by atoms with Crippen LogP contribution < -0.4 is 30.6 Å². The van der Waals surface area contributed by atoms with Crippen LogP contribution in [-0.4, -0.2) is 40.6 Å². The van der Waals surface area contributed by atoms with E-state index in [1.165, 1.54) is 45.4 Å². The highest BCUT2D eigenvalue weighted by atomic mass is 79.9. The molecule has 1 atom stereocenters. The molecule has 30 heavy (non-hydrogen) atoms. The molecule has 162 valence electrons. The van der Waals surface area contributed by atoms with Gasteiger partial charge in [-0.05, 0) is 59.3 Å². The van der Waals surface area contributed by atoms with E-state index in [1.807, 2.05) is 0 Å². The SMILES string of the molecule is COc1ccc(NS(=O)(=O)c2cc(NC(=O)C(C)NC(N)=O)ccc2OC)cc1Br. The Labute approximate surface area is 182 Å². The van der Waals surface area contributed by atoms with E-state index < -0.39 is 28.0 Å². The molecule has 0 spiro atoms. The molecule has 5 N–H and O–H groups in total. The van der Waals surface area contributed by atoms with Crippen LogP contribution in [0.25, 0.3) is 0 Å². The Kier molecular flexibility index (Phi) is 7.51. The number of benzene rings is 2. The summed E-state index contributed by atoms with van der Waals surface area (Å²) in [5.41, 5.74) is 5.48. The second kappa shape index (κ2) is 9.67. The number of hydrogen-bond acceptors (Lipinski definition) is 6. The van der Waals surface area contributed by atoms with Crippen LogP contribution >= 0.6 is 15.9 Å². The second-order valence-electron chi connectivity index (χ2n) is 6.04. The number of hydrogen-bond donors (Lipinski definition) is 4. The molecule has 0 fully saturated rings. The van der Waals surface area contributed by atoms with Gasteiger partial charge in [-0.3, -0.25) is 9.52 Å². The van der Waals surface area contributed by atoms with Crippen molar-refractivity contribution in [1.82, 2.24) is 5.32 Å². The number of amides is 3. The predicted octanol–water partition coefficient (Wildman–Crippen LogP) is 2.26. The molecule has 10 nitrogen and oxygen atoms in total. The fourth-order valence-corrected chi connectivity index (χ4v) is 4.22. The number of nitrogens with one attached hydrogen (secondary N) is 3. The molecule has 0 saturated carbocycles. The topological polar surface area (TPSA) is 149 Å². The Morgan fingerprint density at radius 3 is 2.20 bits per heavy atom. The van der Waals surface area contributed by atoms with Crippen molar-refractivity contribution in [3.63, 3.8) is 0 Å². The van der Waals surface area contributed by atoms with Crippen molar-refractivity contribution in [2.24, 2.45) is 5.73 Å². The molecule has 12 heteroatoms. The van der Waals surface area contributed by atoms with E-state index in [0.29, 0.717) is 15.9 Å². The van der Waals surface area contributed by atoms with Crippen molar-refractivity contribution >= 4 is 49.3 Å². The van der Waals surface area contributed by atoms with Gasteiger partial charge < -0.3 is 25.8 Å². The summed E-state index contributed by atoms with van der Waals surface area (Å²) in [5, 5.41) is 4.75. The van der Waals surface area contributed by atoms with Crippen LogP contribution in [0.4, 0.5) is 16.2 Å². The monoisotopic (exact) mass is 500 g/mol. The first-order chi connectivity index (χ1) is 14.1. The number of carbonyl (C=O) groups excluding carboxylic acids is 2. The Morgan fingerprint density at radius 1 is 1.03 bits per heavy atom. The number of methoxy groups -OCH3 is 2. The van der Waals surface area contributed by atoms with Crippen LogP contribution in [0.15, 0.2) is 45.8 Å². The summed E-state index contributed by atoms with van der Waals surface area (Å²) >= 11 is 3.30. The summed E-state index contributed by atoms with van der Waals surface area (Å²) in [6.45, 7) is 1.43. The number of carbonyl (C=O) groups is 2. The fraction of sp³-hybridized carbons (Fsp3) is 0.222. The average molecular weight is 501 g/mol. The molecule has 0 aliphatic carbocycles.